The van der Waals surface area contributed by atoms with Crippen molar-refractivity contribution in [3.05, 3.63) is 73.6 Å². The number of thioether (sulfide) groups is 1. The first kappa shape index (κ1) is 23.1. The molecule has 0 saturated carbocycles. The Morgan fingerprint density at radius 3 is 2.79 bits per heavy atom. The number of non-ortho nitro benzene ring substituents is 1. The molecule has 2 heterocycles. The number of hydrogen-bond acceptors (Lipinski definition) is 8. The van der Waals surface area contributed by atoms with Crippen LogP contribution in [0, 0.1) is 21.4 Å². The van der Waals surface area contributed by atoms with Gasteiger partial charge in [0.15, 0.2) is 5.78 Å². The van der Waals surface area contributed by atoms with Crippen molar-refractivity contribution in [1.82, 2.24) is 0 Å². The first-order chi connectivity index (χ1) is 15.9. The number of nitro benzene ring substituents is 1. The summed E-state index contributed by atoms with van der Waals surface area (Å²) in [5.74, 6) is 0.601. The predicted octanol–water partition coefficient (Wildman–Crippen LogP) is 5.64. The monoisotopic (exact) mass is 480 g/mol. The van der Waals surface area contributed by atoms with Crippen molar-refractivity contribution in [2.24, 2.45) is 5.73 Å². The van der Waals surface area contributed by atoms with Crippen LogP contribution in [0.4, 0.5) is 11.4 Å². The van der Waals surface area contributed by atoms with Crippen LogP contribution in [0.25, 0.3) is 0 Å². The van der Waals surface area contributed by atoms with E-state index in [1.54, 1.807) is 40.1 Å². The van der Waals surface area contributed by atoms with E-state index in [1.807, 2.05) is 0 Å². The van der Waals surface area contributed by atoms with Crippen LogP contribution in [0.5, 0.6) is 0 Å². The lowest BCUT2D eigenvalue weighted by atomic mass is 9.76. The third-order valence-corrected chi connectivity index (χ3v) is 8.40. The van der Waals surface area contributed by atoms with Crippen molar-refractivity contribution in [3.63, 3.8) is 0 Å². The number of aryl methyl sites for hydroxylation is 1. The number of Topliss-reactive ketones (excluding diaryl/α,β-unsaturated/α-hetero) is 1. The zero-order chi connectivity index (χ0) is 23.7. The van der Waals surface area contributed by atoms with Gasteiger partial charge in [0.25, 0.3) is 5.69 Å². The fourth-order valence-electron chi connectivity index (χ4n) is 4.50. The van der Waals surface area contributed by atoms with Gasteiger partial charge in [-0.15, -0.1) is 23.1 Å². The number of benzene rings is 1. The smallest absolute Gasteiger partial charge is 0.271 e. The number of nitriles is 1. The van der Waals surface area contributed by atoms with Crippen LogP contribution in [0.3, 0.4) is 0 Å². The first-order valence-corrected chi connectivity index (χ1v) is 12.7. The SMILES string of the molecule is CCSc1sc(CC)cc1C1C(C#N)=C(N)N(c2cccc([N+](=O)[O-])c2)C2=C1C(=O)CCC2. The molecule has 9 heteroatoms. The number of thiophene rings is 1. The maximum Gasteiger partial charge on any atom is 0.271 e. The Labute approximate surface area is 200 Å². The van der Waals surface area contributed by atoms with E-state index in [2.05, 4.69) is 26.0 Å². The fraction of sp³-hybridized carbons (Fsp3) is 0.333. The highest BCUT2D eigenvalue weighted by Gasteiger charge is 2.41. The molecule has 2 aliphatic rings. The Morgan fingerprint density at radius 2 is 2.12 bits per heavy atom. The second kappa shape index (κ2) is 9.41. The maximum atomic E-state index is 13.3. The number of rotatable bonds is 6. The number of nitrogens with two attached hydrogens (primary N) is 1. The van der Waals surface area contributed by atoms with Gasteiger partial charge in [-0.1, -0.05) is 19.9 Å². The van der Waals surface area contributed by atoms with Gasteiger partial charge in [-0.25, -0.2) is 0 Å². The molecule has 2 aromatic rings. The molecule has 0 spiro atoms. The van der Waals surface area contributed by atoms with E-state index in [0.717, 1.165) is 27.6 Å². The fourth-order valence-corrected chi connectivity index (χ4v) is 6.88. The number of carbonyl (C=O) groups is 1. The first-order valence-electron chi connectivity index (χ1n) is 10.9. The predicted molar refractivity (Wildman–Crippen MR) is 131 cm³/mol. The molecule has 4 rings (SSSR count). The zero-order valence-electron chi connectivity index (χ0n) is 18.5. The van der Waals surface area contributed by atoms with Gasteiger partial charge in [-0.2, -0.15) is 5.26 Å². The molecule has 1 aromatic carbocycles. The minimum absolute atomic E-state index is 0.00799. The maximum absolute atomic E-state index is 13.3. The molecule has 1 aliphatic heterocycles. The van der Waals surface area contributed by atoms with E-state index >= 15 is 0 Å². The second-order valence-corrected chi connectivity index (χ2v) is 10.5. The van der Waals surface area contributed by atoms with Gasteiger partial charge in [0.1, 0.15) is 5.82 Å². The van der Waals surface area contributed by atoms with Crippen LogP contribution >= 0.6 is 23.1 Å². The third kappa shape index (κ3) is 4.05. The van der Waals surface area contributed by atoms with E-state index in [-0.39, 0.29) is 17.3 Å². The molecule has 1 atom stereocenters. The molecule has 1 aliphatic carbocycles. The summed E-state index contributed by atoms with van der Waals surface area (Å²) >= 11 is 3.41. The minimum atomic E-state index is -0.515. The number of carbonyl (C=O) groups excluding carboxylic acids is 1. The third-order valence-electron chi connectivity index (χ3n) is 5.92. The Bertz CT molecular complexity index is 1240. The van der Waals surface area contributed by atoms with E-state index in [0.29, 0.717) is 36.1 Å². The quantitative estimate of drug-likeness (QED) is 0.323. The highest BCUT2D eigenvalue weighted by atomic mass is 32.2. The van der Waals surface area contributed by atoms with Crippen LogP contribution in [0.2, 0.25) is 0 Å². The van der Waals surface area contributed by atoms with E-state index in [1.165, 1.54) is 17.0 Å². The average molecular weight is 481 g/mol. The van der Waals surface area contributed by atoms with E-state index in [9.17, 15) is 20.2 Å². The minimum Gasteiger partial charge on any atom is -0.384 e. The van der Waals surface area contributed by atoms with Crippen LogP contribution in [-0.4, -0.2) is 16.5 Å². The van der Waals surface area contributed by atoms with Crippen molar-refractivity contribution < 1.29 is 9.72 Å². The van der Waals surface area contributed by atoms with Crippen molar-refractivity contribution in [3.8, 4) is 6.07 Å². The average Bonchev–Trinajstić information content (AvgIpc) is 3.21. The van der Waals surface area contributed by atoms with Crippen LogP contribution in [0.1, 0.15) is 49.5 Å². The van der Waals surface area contributed by atoms with Gasteiger partial charge in [-0.05, 0) is 42.7 Å². The number of anilines is 1. The summed E-state index contributed by atoms with van der Waals surface area (Å²) < 4.78 is 1.11. The van der Waals surface area contributed by atoms with E-state index in [4.69, 9.17) is 5.73 Å². The van der Waals surface area contributed by atoms with Crippen molar-refractivity contribution in [1.29, 1.82) is 5.26 Å². The topological polar surface area (TPSA) is 113 Å². The molecule has 0 saturated heterocycles. The lowest BCUT2D eigenvalue weighted by Crippen LogP contribution is -2.38. The molecule has 170 valence electrons. The Morgan fingerprint density at radius 1 is 1.33 bits per heavy atom. The summed E-state index contributed by atoms with van der Waals surface area (Å²) in [6, 6.07) is 10.5. The van der Waals surface area contributed by atoms with Crippen molar-refractivity contribution >= 4 is 40.3 Å². The zero-order valence-corrected chi connectivity index (χ0v) is 20.1. The van der Waals surface area contributed by atoms with Crippen LogP contribution < -0.4 is 10.6 Å². The van der Waals surface area contributed by atoms with Gasteiger partial charge in [0, 0.05) is 34.7 Å². The Kier molecular flexibility index (Phi) is 6.58. The van der Waals surface area contributed by atoms with Gasteiger partial charge in [-0.3, -0.25) is 19.8 Å². The molecule has 1 aromatic heterocycles. The number of nitro groups is 1. The molecule has 33 heavy (non-hydrogen) atoms. The number of hydrogen-bond donors (Lipinski definition) is 1. The Hall–Kier alpha value is -3.09. The van der Waals surface area contributed by atoms with Gasteiger partial charge < -0.3 is 5.73 Å². The van der Waals surface area contributed by atoms with Crippen LogP contribution in [-0.2, 0) is 11.2 Å². The molecule has 0 amide bonds. The summed E-state index contributed by atoms with van der Waals surface area (Å²) in [5, 5.41) is 21.6. The normalized spacial score (nSPS) is 18.4. The largest absolute Gasteiger partial charge is 0.384 e. The highest BCUT2D eigenvalue weighted by molar-refractivity contribution is 8.01. The molecule has 0 radical (unpaired) electrons. The number of allylic oxidation sites excluding steroid dienone is 3. The molecular weight excluding hydrogens is 456 g/mol. The highest BCUT2D eigenvalue weighted by Crippen LogP contribution is 2.50. The van der Waals surface area contributed by atoms with Crippen molar-refractivity contribution in [2.75, 3.05) is 10.7 Å². The molecule has 0 bridgehead atoms. The lowest BCUT2D eigenvalue weighted by Gasteiger charge is -2.39. The van der Waals surface area contributed by atoms with Gasteiger partial charge in [0.2, 0.25) is 0 Å². The summed E-state index contributed by atoms with van der Waals surface area (Å²) in [6.45, 7) is 4.17. The standard InChI is InChI=1S/C24H24N4O3S2/c1-3-16-12-17(24(33-16)32-4-2)21-18(13-25)23(26)27(19-9-6-10-20(29)22(19)21)14-7-5-8-15(11-14)28(30)31/h5,7-8,11-12,21H,3-4,6,9-10,26H2,1-2H3. The van der Waals surface area contributed by atoms with Gasteiger partial charge >= 0.3 is 0 Å². The van der Waals surface area contributed by atoms with Gasteiger partial charge in [0.05, 0.1) is 32.4 Å². The molecular formula is C24H24N4O3S2. The van der Waals surface area contributed by atoms with Crippen molar-refractivity contribution in [2.45, 2.75) is 49.7 Å². The number of ketones is 1. The Balaban J connectivity index is 1.97. The van der Waals surface area contributed by atoms with Crippen LogP contribution in [0.15, 0.2) is 57.2 Å². The molecule has 0 fully saturated rings. The molecule has 7 nitrogen and oxygen atoms in total. The van der Waals surface area contributed by atoms with E-state index < -0.39 is 10.8 Å². The molecule has 2 N–H and O–H groups in total. The number of nitrogens with zero attached hydrogens (tertiary/aromatic N) is 3. The second-order valence-electron chi connectivity index (χ2n) is 7.84. The summed E-state index contributed by atoms with van der Waals surface area (Å²) in [6.07, 6.45) is 2.57. The molecule has 1 unspecified atom stereocenters. The summed E-state index contributed by atoms with van der Waals surface area (Å²) in [7, 11) is 0. The summed E-state index contributed by atoms with van der Waals surface area (Å²) in [4.78, 5) is 27.1. The summed E-state index contributed by atoms with van der Waals surface area (Å²) in [5.41, 5.74) is 9.62. The lowest BCUT2D eigenvalue weighted by molar-refractivity contribution is -0.384.